The zero-order valence-electron chi connectivity index (χ0n) is 9.11. The fraction of sp³-hybridized carbons (Fsp3) is 0.250. The summed E-state index contributed by atoms with van der Waals surface area (Å²) in [5, 5.41) is 0. The van der Waals surface area contributed by atoms with Crippen molar-refractivity contribution in [3.05, 3.63) is 29.3 Å². The summed E-state index contributed by atoms with van der Waals surface area (Å²) in [7, 11) is 3.18. The summed E-state index contributed by atoms with van der Waals surface area (Å²) >= 11 is 0. The van der Waals surface area contributed by atoms with Crippen molar-refractivity contribution < 1.29 is 14.3 Å². The molecule has 1 aromatic carbocycles. The van der Waals surface area contributed by atoms with Crippen LogP contribution in [-0.2, 0) is 4.79 Å². The molecule has 0 N–H and O–H groups in total. The van der Waals surface area contributed by atoms with E-state index in [0.717, 1.165) is 11.8 Å². The highest BCUT2D eigenvalue weighted by atomic mass is 16.5. The Labute approximate surface area is 89.3 Å². The highest BCUT2D eigenvalue weighted by Crippen LogP contribution is 2.23. The zero-order valence-corrected chi connectivity index (χ0v) is 9.11. The van der Waals surface area contributed by atoms with Crippen LogP contribution in [0.4, 0.5) is 0 Å². The van der Waals surface area contributed by atoms with Gasteiger partial charge in [-0.1, -0.05) is 0 Å². The van der Waals surface area contributed by atoms with Crippen LogP contribution in [0.3, 0.4) is 0 Å². The molecule has 15 heavy (non-hydrogen) atoms. The van der Waals surface area contributed by atoms with Gasteiger partial charge in [0.2, 0.25) is 0 Å². The molecule has 1 rings (SSSR count). The van der Waals surface area contributed by atoms with Crippen LogP contribution in [0.5, 0.6) is 11.5 Å². The normalized spacial score (nSPS) is 11.0. The average molecular weight is 206 g/mol. The molecule has 0 spiro atoms. The van der Waals surface area contributed by atoms with Crippen LogP contribution in [0.15, 0.2) is 23.8 Å². The second kappa shape index (κ2) is 5.20. The van der Waals surface area contributed by atoms with Gasteiger partial charge >= 0.3 is 0 Å². The molecular weight excluding hydrogens is 192 g/mol. The Morgan fingerprint density at radius 2 is 1.67 bits per heavy atom. The quantitative estimate of drug-likeness (QED) is 0.560. The zero-order chi connectivity index (χ0) is 11.3. The molecule has 0 unspecified atom stereocenters. The van der Waals surface area contributed by atoms with Crippen molar-refractivity contribution in [3.63, 3.8) is 0 Å². The summed E-state index contributed by atoms with van der Waals surface area (Å²) in [5.74, 6) is 1.42. The summed E-state index contributed by atoms with van der Waals surface area (Å²) in [5.41, 5.74) is 1.54. The summed E-state index contributed by atoms with van der Waals surface area (Å²) in [6, 6.07) is 5.47. The summed E-state index contributed by atoms with van der Waals surface area (Å²) in [4.78, 5) is 10.5. The molecule has 1 aromatic rings. The van der Waals surface area contributed by atoms with Gasteiger partial charge in [0.05, 0.1) is 14.2 Å². The van der Waals surface area contributed by atoms with Gasteiger partial charge in [-0.05, 0) is 36.3 Å². The molecule has 0 amide bonds. The van der Waals surface area contributed by atoms with E-state index in [9.17, 15) is 4.79 Å². The predicted molar refractivity (Wildman–Crippen MR) is 59.3 cm³/mol. The van der Waals surface area contributed by atoms with Crippen molar-refractivity contribution in [2.24, 2.45) is 0 Å². The maximum Gasteiger partial charge on any atom is 0.145 e. The summed E-state index contributed by atoms with van der Waals surface area (Å²) < 4.78 is 10.2. The van der Waals surface area contributed by atoms with Crippen molar-refractivity contribution in [1.82, 2.24) is 0 Å². The SMILES string of the molecule is COc1cc(/C=C(\C)C=O)cc(OC)c1. The van der Waals surface area contributed by atoms with Crippen LogP contribution in [0.25, 0.3) is 6.08 Å². The van der Waals surface area contributed by atoms with Crippen LogP contribution in [0.1, 0.15) is 12.5 Å². The Morgan fingerprint density at radius 3 is 2.07 bits per heavy atom. The highest BCUT2D eigenvalue weighted by Gasteiger charge is 1.99. The Morgan fingerprint density at radius 1 is 1.13 bits per heavy atom. The third kappa shape index (κ3) is 3.13. The average Bonchev–Trinajstić information content (AvgIpc) is 2.28. The number of hydrogen-bond acceptors (Lipinski definition) is 3. The Hall–Kier alpha value is -1.77. The molecule has 0 radical (unpaired) electrons. The molecule has 0 heterocycles. The van der Waals surface area contributed by atoms with Gasteiger partial charge in [-0.25, -0.2) is 0 Å². The third-order valence-electron chi connectivity index (χ3n) is 1.95. The first-order valence-electron chi connectivity index (χ1n) is 4.56. The lowest BCUT2D eigenvalue weighted by molar-refractivity contribution is -0.104. The highest BCUT2D eigenvalue weighted by molar-refractivity contribution is 5.81. The van der Waals surface area contributed by atoms with Gasteiger partial charge in [0.1, 0.15) is 17.8 Å². The van der Waals surface area contributed by atoms with Crippen molar-refractivity contribution in [2.45, 2.75) is 6.92 Å². The molecule has 0 saturated carbocycles. The molecule has 0 aliphatic carbocycles. The fourth-order valence-electron chi connectivity index (χ4n) is 1.21. The van der Waals surface area contributed by atoms with E-state index in [1.807, 2.05) is 12.1 Å². The number of carbonyl (C=O) groups excluding carboxylic acids is 1. The Kier molecular flexibility index (Phi) is 3.92. The first-order chi connectivity index (χ1) is 7.19. The van der Waals surface area contributed by atoms with Crippen LogP contribution in [0.2, 0.25) is 0 Å². The molecule has 0 aromatic heterocycles. The van der Waals surface area contributed by atoms with E-state index < -0.39 is 0 Å². The van der Waals surface area contributed by atoms with E-state index in [4.69, 9.17) is 9.47 Å². The van der Waals surface area contributed by atoms with Gasteiger partial charge in [0.25, 0.3) is 0 Å². The molecule has 0 fully saturated rings. The number of carbonyl (C=O) groups is 1. The minimum Gasteiger partial charge on any atom is -0.497 e. The van der Waals surface area contributed by atoms with Crippen molar-refractivity contribution in [3.8, 4) is 11.5 Å². The molecule has 80 valence electrons. The number of methoxy groups -OCH3 is 2. The second-order valence-corrected chi connectivity index (χ2v) is 3.15. The second-order valence-electron chi connectivity index (χ2n) is 3.15. The van der Waals surface area contributed by atoms with Gasteiger partial charge in [-0.3, -0.25) is 4.79 Å². The van der Waals surface area contributed by atoms with E-state index in [2.05, 4.69) is 0 Å². The largest absolute Gasteiger partial charge is 0.497 e. The van der Waals surface area contributed by atoms with E-state index in [1.165, 1.54) is 0 Å². The number of aldehydes is 1. The number of benzene rings is 1. The standard InChI is InChI=1S/C12H14O3/c1-9(8-13)4-10-5-11(14-2)7-12(6-10)15-3/h4-8H,1-3H3/b9-4+. The summed E-state index contributed by atoms with van der Waals surface area (Å²) in [6.07, 6.45) is 2.59. The van der Waals surface area contributed by atoms with Crippen molar-refractivity contribution in [1.29, 1.82) is 0 Å². The van der Waals surface area contributed by atoms with Gasteiger partial charge in [-0.15, -0.1) is 0 Å². The molecule has 0 aliphatic rings. The summed E-state index contributed by atoms with van der Waals surface area (Å²) in [6.45, 7) is 1.75. The van der Waals surface area contributed by atoms with E-state index in [0.29, 0.717) is 17.1 Å². The van der Waals surface area contributed by atoms with Crippen LogP contribution in [0, 0.1) is 0 Å². The smallest absolute Gasteiger partial charge is 0.145 e. The first kappa shape index (κ1) is 11.3. The van der Waals surface area contributed by atoms with Gasteiger partial charge < -0.3 is 9.47 Å². The van der Waals surface area contributed by atoms with Gasteiger partial charge in [0, 0.05) is 6.07 Å². The molecule has 3 heteroatoms. The minimum atomic E-state index is 0.658. The van der Waals surface area contributed by atoms with Crippen LogP contribution < -0.4 is 9.47 Å². The molecule has 3 nitrogen and oxygen atoms in total. The van der Waals surface area contributed by atoms with Crippen molar-refractivity contribution >= 4 is 12.4 Å². The molecule has 0 saturated heterocycles. The Balaban J connectivity index is 3.12. The molecule has 0 atom stereocenters. The fourth-order valence-corrected chi connectivity index (χ4v) is 1.21. The number of rotatable bonds is 4. The maximum absolute atomic E-state index is 10.5. The maximum atomic E-state index is 10.5. The predicted octanol–water partition coefficient (Wildman–Crippen LogP) is 2.31. The van der Waals surface area contributed by atoms with Gasteiger partial charge in [0.15, 0.2) is 0 Å². The molecular formula is C12H14O3. The molecule has 0 bridgehead atoms. The number of hydrogen-bond donors (Lipinski definition) is 0. The number of ether oxygens (including phenoxy) is 2. The Bertz CT molecular complexity index is 358. The van der Waals surface area contributed by atoms with Crippen LogP contribution >= 0.6 is 0 Å². The van der Waals surface area contributed by atoms with E-state index >= 15 is 0 Å². The topological polar surface area (TPSA) is 35.5 Å². The van der Waals surface area contributed by atoms with Crippen LogP contribution in [-0.4, -0.2) is 20.5 Å². The lowest BCUT2D eigenvalue weighted by Gasteiger charge is -2.05. The molecule has 0 aliphatic heterocycles. The third-order valence-corrected chi connectivity index (χ3v) is 1.95. The van der Waals surface area contributed by atoms with E-state index in [-0.39, 0.29) is 0 Å². The monoisotopic (exact) mass is 206 g/mol. The first-order valence-corrected chi connectivity index (χ1v) is 4.56. The number of allylic oxidation sites excluding steroid dienone is 1. The van der Waals surface area contributed by atoms with E-state index in [1.54, 1.807) is 33.3 Å². The minimum absolute atomic E-state index is 0.658. The lowest BCUT2D eigenvalue weighted by atomic mass is 10.1. The lowest BCUT2D eigenvalue weighted by Crippen LogP contribution is -1.88. The van der Waals surface area contributed by atoms with Gasteiger partial charge in [-0.2, -0.15) is 0 Å². The van der Waals surface area contributed by atoms with Crippen molar-refractivity contribution in [2.75, 3.05) is 14.2 Å².